The first kappa shape index (κ1) is 28.4. The number of pyridine rings is 1. The number of likely N-dealkylation sites (tertiary alicyclic amines) is 1. The number of nitrogens with one attached hydrogen (secondary N) is 2. The first-order valence-corrected chi connectivity index (χ1v) is 15.1. The Morgan fingerprint density at radius 1 is 1.02 bits per heavy atom. The number of halogens is 3. The maximum Gasteiger partial charge on any atom is 0.406 e. The van der Waals surface area contributed by atoms with Gasteiger partial charge in [0, 0.05) is 51.3 Å². The number of benzene rings is 2. The zero-order chi connectivity index (χ0) is 29.4. The van der Waals surface area contributed by atoms with Crippen LogP contribution in [-0.2, 0) is 17.3 Å². The highest BCUT2D eigenvalue weighted by molar-refractivity contribution is 7.86. The van der Waals surface area contributed by atoms with E-state index >= 15 is 0 Å². The summed E-state index contributed by atoms with van der Waals surface area (Å²) in [5, 5.41) is 7.02. The molecule has 2 aliphatic rings. The summed E-state index contributed by atoms with van der Waals surface area (Å²) in [6, 6.07) is 16.0. The van der Waals surface area contributed by atoms with Gasteiger partial charge in [0.15, 0.2) is 0 Å². The Bertz CT molecular complexity index is 1670. The Morgan fingerprint density at radius 3 is 2.40 bits per heavy atom. The summed E-state index contributed by atoms with van der Waals surface area (Å²) >= 11 is 0. The van der Waals surface area contributed by atoms with Crippen LogP contribution in [0.3, 0.4) is 0 Å². The van der Waals surface area contributed by atoms with Gasteiger partial charge in [-0.25, -0.2) is 4.98 Å². The summed E-state index contributed by atoms with van der Waals surface area (Å²) in [7, 11) is 0.985. The molecule has 220 valence electrons. The molecule has 0 amide bonds. The summed E-state index contributed by atoms with van der Waals surface area (Å²) in [5.74, 6) is 0.0760. The molecule has 2 N–H and O–H groups in total. The van der Waals surface area contributed by atoms with Gasteiger partial charge in [0.05, 0.1) is 10.8 Å². The van der Waals surface area contributed by atoms with E-state index in [0.717, 1.165) is 44.5 Å². The van der Waals surface area contributed by atoms with Crippen LogP contribution in [0.4, 0.5) is 30.5 Å². The van der Waals surface area contributed by atoms with Crippen LogP contribution in [0, 0.1) is 0 Å². The number of fused-ring (bicyclic) bond motifs is 1. The molecule has 0 radical (unpaired) electrons. The third kappa shape index (κ3) is 6.49. The molecule has 2 aromatic heterocycles. The van der Waals surface area contributed by atoms with Gasteiger partial charge in [0.1, 0.15) is 12.2 Å². The topological polar surface area (TPSA) is 92.1 Å². The lowest BCUT2D eigenvalue weighted by molar-refractivity contribution is -0.140. The minimum absolute atomic E-state index is 0.0760. The molecule has 6 rings (SSSR count). The largest absolute Gasteiger partial charge is 0.406 e. The van der Waals surface area contributed by atoms with E-state index in [1.54, 1.807) is 24.3 Å². The predicted octanol–water partition coefficient (Wildman–Crippen LogP) is 5.54. The van der Waals surface area contributed by atoms with Gasteiger partial charge in [-0.05, 0) is 87.3 Å². The van der Waals surface area contributed by atoms with Crippen molar-refractivity contribution in [2.75, 3.05) is 30.8 Å². The molecule has 2 fully saturated rings. The molecule has 2 unspecified atom stereocenters. The maximum atomic E-state index is 13.6. The third-order valence-electron chi connectivity index (χ3n) is 7.53. The van der Waals surface area contributed by atoms with E-state index in [4.69, 9.17) is 0 Å². The van der Waals surface area contributed by atoms with Crippen LogP contribution < -0.4 is 16.2 Å². The number of anilines is 3. The van der Waals surface area contributed by atoms with Gasteiger partial charge in [-0.2, -0.15) is 18.2 Å². The average molecular weight is 597 g/mol. The minimum Gasteiger partial charge on any atom is -0.381 e. The third-order valence-corrected chi connectivity index (χ3v) is 9.34. The van der Waals surface area contributed by atoms with Crippen molar-refractivity contribution in [1.29, 1.82) is 0 Å². The molecule has 0 bridgehead atoms. The van der Waals surface area contributed by atoms with Crippen LogP contribution in [0.1, 0.15) is 25.7 Å². The van der Waals surface area contributed by atoms with Crippen LogP contribution in [0.5, 0.6) is 0 Å². The lowest BCUT2D eigenvalue weighted by atomic mass is 10.1. The lowest BCUT2D eigenvalue weighted by Crippen LogP contribution is -2.39. The second kappa shape index (κ2) is 11.5. The van der Waals surface area contributed by atoms with E-state index in [1.807, 2.05) is 24.3 Å². The normalized spacial score (nSPS) is 18.6. The molecule has 8 nitrogen and oxygen atoms in total. The fourth-order valence-corrected chi connectivity index (χ4v) is 6.65. The first-order valence-electron chi connectivity index (χ1n) is 13.9. The molecule has 1 saturated carbocycles. The fraction of sp³-hybridized carbons (Fsp3) is 0.367. The summed E-state index contributed by atoms with van der Waals surface area (Å²) in [6.45, 7) is 0.577. The van der Waals surface area contributed by atoms with Crippen LogP contribution in [0.25, 0.3) is 22.2 Å². The van der Waals surface area contributed by atoms with E-state index in [1.165, 1.54) is 12.3 Å². The Kier molecular flexibility index (Phi) is 7.75. The standard InChI is InChI=1S/C30H31F3N6O2S/c1-38-14-2-3-23(17-38)35-21-6-8-22(9-7-21)36-29-34-16-20-15-26(28(40)39(27(20)37-29)18-30(31,32)33)19-4-10-24(11-5-19)42(41)25-12-13-25/h4-11,15-16,23,25,35H,2-3,12-14,17-18H2,1H3,(H,34,36,37). The summed E-state index contributed by atoms with van der Waals surface area (Å²) < 4.78 is 54.0. The molecular formula is C30H31F3N6O2S. The van der Waals surface area contributed by atoms with Gasteiger partial charge in [0.25, 0.3) is 5.56 Å². The number of nitrogens with zero attached hydrogens (tertiary/aromatic N) is 4. The quantitative estimate of drug-likeness (QED) is 0.276. The molecule has 3 heterocycles. The molecule has 1 aliphatic carbocycles. The molecule has 2 aromatic carbocycles. The van der Waals surface area contributed by atoms with Crippen molar-refractivity contribution in [2.24, 2.45) is 0 Å². The molecule has 4 aromatic rings. The highest BCUT2D eigenvalue weighted by Gasteiger charge is 2.31. The zero-order valence-corrected chi connectivity index (χ0v) is 23.8. The van der Waals surface area contributed by atoms with Crippen LogP contribution in [0.2, 0.25) is 0 Å². The van der Waals surface area contributed by atoms with Crippen molar-refractivity contribution in [2.45, 2.75) is 54.6 Å². The average Bonchev–Trinajstić information content (AvgIpc) is 3.81. The molecule has 1 aliphatic heterocycles. The second-order valence-electron chi connectivity index (χ2n) is 11.0. The number of rotatable bonds is 8. The van der Waals surface area contributed by atoms with Crippen molar-refractivity contribution in [1.82, 2.24) is 19.4 Å². The van der Waals surface area contributed by atoms with E-state index in [0.29, 0.717) is 32.1 Å². The van der Waals surface area contributed by atoms with E-state index < -0.39 is 29.1 Å². The smallest absolute Gasteiger partial charge is 0.381 e. The number of aromatic nitrogens is 3. The number of likely N-dealkylation sites (N-methyl/N-ethyl adjacent to an activating group) is 1. The van der Waals surface area contributed by atoms with Gasteiger partial charge in [0.2, 0.25) is 5.95 Å². The van der Waals surface area contributed by atoms with E-state index in [-0.39, 0.29) is 22.4 Å². The number of hydrogen-bond donors (Lipinski definition) is 2. The maximum absolute atomic E-state index is 13.6. The number of piperidine rings is 1. The van der Waals surface area contributed by atoms with Crippen molar-refractivity contribution in [3.63, 3.8) is 0 Å². The molecular weight excluding hydrogens is 565 g/mol. The van der Waals surface area contributed by atoms with Gasteiger partial charge in [-0.15, -0.1) is 0 Å². The molecule has 1 saturated heterocycles. The van der Waals surface area contributed by atoms with Gasteiger partial charge < -0.3 is 15.5 Å². The Hall–Kier alpha value is -3.77. The van der Waals surface area contributed by atoms with E-state index in [2.05, 4.69) is 32.5 Å². The monoisotopic (exact) mass is 596 g/mol. The first-order chi connectivity index (χ1) is 20.1. The van der Waals surface area contributed by atoms with Crippen molar-refractivity contribution < 1.29 is 17.4 Å². The lowest BCUT2D eigenvalue weighted by Gasteiger charge is -2.30. The summed E-state index contributed by atoms with van der Waals surface area (Å²) in [5.41, 5.74) is 1.22. The molecule has 2 atom stereocenters. The van der Waals surface area contributed by atoms with E-state index in [9.17, 15) is 22.2 Å². The van der Waals surface area contributed by atoms with Gasteiger partial charge >= 0.3 is 6.18 Å². The van der Waals surface area contributed by atoms with Crippen molar-refractivity contribution in [3.05, 3.63) is 71.1 Å². The van der Waals surface area contributed by atoms with Gasteiger partial charge in [-0.1, -0.05) is 12.1 Å². The van der Waals surface area contributed by atoms with Crippen LogP contribution in [-0.4, -0.2) is 61.2 Å². The number of alkyl halides is 3. The van der Waals surface area contributed by atoms with Crippen LogP contribution >= 0.6 is 0 Å². The Morgan fingerprint density at radius 2 is 1.74 bits per heavy atom. The molecule has 42 heavy (non-hydrogen) atoms. The fourth-order valence-electron chi connectivity index (χ4n) is 5.29. The minimum atomic E-state index is -4.64. The van der Waals surface area contributed by atoms with Gasteiger partial charge in [-0.3, -0.25) is 13.6 Å². The Labute approximate surface area is 243 Å². The molecule has 0 spiro atoms. The van der Waals surface area contributed by atoms with Crippen molar-refractivity contribution in [3.8, 4) is 11.1 Å². The predicted molar refractivity (Wildman–Crippen MR) is 159 cm³/mol. The Balaban J connectivity index is 1.27. The van der Waals surface area contributed by atoms with Crippen LogP contribution in [0.15, 0.2) is 70.5 Å². The zero-order valence-electron chi connectivity index (χ0n) is 23.0. The second-order valence-corrected chi connectivity index (χ2v) is 12.7. The summed E-state index contributed by atoms with van der Waals surface area (Å²) in [6.07, 6.45) is 0.839. The SMILES string of the molecule is CN1CCCC(Nc2ccc(Nc3ncc4cc(-c5ccc(S(=O)C6CC6)cc5)c(=O)n(CC(F)(F)F)c4n3)cc2)C1. The van der Waals surface area contributed by atoms with Crippen molar-refractivity contribution >= 4 is 39.2 Å². The highest BCUT2D eigenvalue weighted by Crippen LogP contribution is 2.31. The summed E-state index contributed by atoms with van der Waals surface area (Å²) in [4.78, 5) is 25.0. The molecule has 12 heteroatoms. The highest BCUT2D eigenvalue weighted by atomic mass is 32.2. The number of hydrogen-bond acceptors (Lipinski definition) is 7.